The van der Waals surface area contributed by atoms with Gasteiger partial charge in [0.05, 0.1) is 12.2 Å². The van der Waals surface area contributed by atoms with Crippen LogP contribution in [-0.2, 0) is 15.7 Å². The molecule has 0 saturated heterocycles. The van der Waals surface area contributed by atoms with E-state index < -0.39 is 35.2 Å². The second kappa shape index (κ2) is 7.56. The second-order valence-corrected chi connectivity index (χ2v) is 5.01. The van der Waals surface area contributed by atoms with Crippen LogP contribution < -0.4 is 5.73 Å². The highest BCUT2D eigenvalue weighted by Crippen LogP contribution is 2.36. The van der Waals surface area contributed by atoms with Gasteiger partial charge in [0.15, 0.2) is 0 Å². The number of alkyl halides is 5. The summed E-state index contributed by atoms with van der Waals surface area (Å²) in [4.78, 5) is 11.2. The molecule has 126 valence electrons. The normalized spacial score (nSPS) is 13.3. The van der Waals surface area contributed by atoms with E-state index in [1.165, 1.54) is 6.92 Å². The Labute approximate surface area is 137 Å². The summed E-state index contributed by atoms with van der Waals surface area (Å²) in [7, 11) is 0. The van der Waals surface area contributed by atoms with Crippen molar-refractivity contribution in [3.05, 3.63) is 33.8 Å². The van der Waals surface area contributed by atoms with Gasteiger partial charge in [-0.1, -0.05) is 15.9 Å². The van der Waals surface area contributed by atoms with Gasteiger partial charge in [0, 0.05) is 4.47 Å². The van der Waals surface area contributed by atoms with Gasteiger partial charge < -0.3 is 10.5 Å². The molecule has 0 bridgehead atoms. The Bertz CT molecular complexity index is 539. The molecule has 0 aliphatic carbocycles. The van der Waals surface area contributed by atoms with Crippen LogP contribution in [0.25, 0.3) is 0 Å². The first-order valence-electron chi connectivity index (χ1n) is 5.68. The summed E-state index contributed by atoms with van der Waals surface area (Å²) in [6.07, 6.45) is -4.72. The van der Waals surface area contributed by atoms with Crippen molar-refractivity contribution in [1.82, 2.24) is 0 Å². The predicted molar refractivity (Wildman–Crippen MR) is 74.9 cm³/mol. The van der Waals surface area contributed by atoms with Crippen LogP contribution in [0.3, 0.4) is 0 Å². The molecule has 0 heterocycles. The lowest BCUT2D eigenvalue weighted by molar-refractivity contribution is -0.174. The minimum Gasteiger partial charge on any atom is -0.462 e. The first-order valence-corrected chi connectivity index (χ1v) is 6.47. The predicted octanol–water partition coefficient (Wildman–Crippen LogP) is 4.09. The maximum Gasteiger partial charge on any atom is 0.416 e. The number of carbonyl (C=O) groups is 1. The summed E-state index contributed by atoms with van der Waals surface area (Å²) in [5.74, 6) is -6.02. The largest absolute Gasteiger partial charge is 0.462 e. The van der Waals surface area contributed by atoms with E-state index in [9.17, 15) is 26.7 Å². The molecule has 2 N–H and O–H groups in total. The van der Waals surface area contributed by atoms with Crippen molar-refractivity contribution >= 4 is 34.3 Å². The third-order valence-electron chi connectivity index (χ3n) is 2.54. The average Bonchev–Trinajstić information content (AvgIpc) is 2.36. The van der Waals surface area contributed by atoms with E-state index >= 15 is 0 Å². The van der Waals surface area contributed by atoms with Crippen LogP contribution in [0.15, 0.2) is 22.7 Å². The Morgan fingerprint density at radius 2 is 1.82 bits per heavy atom. The fraction of sp³-hybridized carbons (Fsp3) is 0.417. The molecule has 0 aromatic heterocycles. The maximum atomic E-state index is 13.7. The summed E-state index contributed by atoms with van der Waals surface area (Å²) in [5, 5.41) is 0. The van der Waals surface area contributed by atoms with Crippen molar-refractivity contribution in [3.8, 4) is 0 Å². The van der Waals surface area contributed by atoms with Gasteiger partial charge in [-0.15, -0.1) is 12.4 Å². The Morgan fingerprint density at radius 1 is 1.27 bits per heavy atom. The van der Waals surface area contributed by atoms with E-state index in [2.05, 4.69) is 20.7 Å². The molecular formula is C12H12BrClF5NO2. The SMILES string of the molecule is CCOC(=O)C(F)(F)[C@@H](N)c1cc(Br)cc(C(F)(F)F)c1.Cl. The molecule has 0 fully saturated rings. The van der Waals surface area contributed by atoms with E-state index in [4.69, 9.17) is 5.73 Å². The molecule has 22 heavy (non-hydrogen) atoms. The number of hydrogen-bond acceptors (Lipinski definition) is 3. The zero-order chi connectivity index (χ0) is 16.4. The molecule has 10 heteroatoms. The molecule has 0 amide bonds. The summed E-state index contributed by atoms with van der Waals surface area (Å²) >= 11 is 2.79. The minimum absolute atomic E-state index is 0. The molecule has 0 unspecified atom stereocenters. The highest BCUT2D eigenvalue weighted by Gasteiger charge is 2.48. The van der Waals surface area contributed by atoms with Crippen molar-refractivity contribution < 1.29 is 31.5 Å². The Kier molecular flexibility index (Phi) is 7.24. The standard InChI is InChI=1S/C12H11BrF5NO2.ClH/c1-2-21-10(20)11(14,15)9(19)6-3-7(12(16,17)18)5-8(13)4-6;/h3-5,9H,2,19H2,1H3;1H/t9-;/m0./s1. The number of esters is 1. The monoisotopic (exact) mass is 411 g/mol. The molecule has 3 nitrogen and oxygen atoms in total. The fourth-order valence-electron chi connectivity index (χ4n) is 1.52. The number of ether oxygens (including phenoxy) is 1. The topological polar surface area (TPSA) is 52.3 Å². The lowest BCUT2D eigenvalue weighted by atomic mass is 9.99. The van der Waals surface area contributed by atoms with Gasteiger partial charge in [0.1, 0.15) is 6.04 Å². The second-order valence-electron chi connectivity index (χ2n) is 4.09. The molecule has 1 atom stereocenters. The first-order chi connectivity index (χ1) is 9.50. The van der Waals surface area contributed by atoms with Crippen LogP contribution >= 0.6 is 28.3 Å². The van der Waals surface area contributed by atoms with Crippen molar-refractivity contribution in [3.63, 3.8) is 0 Å². The smallest absolute Gasteiger partial charge is 0.416 e. The molecular weight excluding hydrogens is 400 g/mol. The third-order valence-corrected chi connectivity index (χ3v) is 3.00. The number of halogens is 7. The van der Waals surface area contributed by atoms with Crippen LogP contribution in [0, 0.1) is 0 Å². The molecule has 1 aromatic rings. The molecule has 1 rings (SSSR count). The van der Waals surface area contributed by atoms with Crippen molar-refractivity contribution in [2.45, 2.75) is 25.1 Å². The van der Waals surface area contributed by atoms with E-state index in [0.717, 1.165) is 12.1 Å². The summed E-state index contributed by atoms with van der Waals surface area (Å²) < 4.78 is 69.5. The number of carbonyl (C=O) groups excluding carboxylic acids is 1. The van der Waals surface area contributed by atoms with E-state index in [1.54, 1.807) is 0 Å². The minimum atomic E-state index is -4.72. The van der Waals surface area contributed by atoms with Gasteiger partial charge >= 0.3 is 18.1 Å². The van der Waals surface area contributed by atoms with Crippen LogP contribution in [0.5, 0.6) is 0 Å². The zero-order valence-electron chi connectivity index (χ0n) is 11.1. The van der Waals surface area contributed by atoms with Gasteiger partial charge in [-0.25, -0.2) is 4.79 Å². The van der Waals surface area contributed by atoms with Gasteiger partial charge in [-0.3, -0.25) is 0 Å². The number of benzene rings is 1. The molecule has 0 aliphatic rings. The number of hydrogen-bond donors (Lipinski definition) is 1. The van der Waals surface area contributed by atoms with Crippen LogP contribution in [0.2, 0.25) is 0 Å². The van der Waals surface area contributed by atoms with Crippen molar-refractivity contribution in [2.75, 3.05) is 6.61 Å². The van der Waals surface area contributed by atoms with Crippen molar-refractivity contribution in [2.24, 2.45) is 5.73 Å². The Hall–Kier alpha value is -0.930. The first kappa shape index (κ1) is 21.1. The van der Waals surface area contributed by atoms with Crippen molar-refractivity contribution in [1.29, 1.82) is 0 Å². The highest BCUT2D eigenvalue weighted by molar-refractivity contribution is 9.10. The van der Waals surface area contributed by atoms with Gasteiger partial charge in [0.25, 0.3) is 0 Å². The lowest BCUT2D eigenvalue weighted by Crippen LogP contribution is -2.41. The molecule has 1 aromatic carbocycles. The maximum absolute atomic E-state index is 13.7. The summed E-state index contributed by atoms with van der Waals surface area (Å²) in [6, 6.07) is -0.0657. The Balaban J connectivity index is 0.00000441. The van der Waals surface area contributed by atoms with Crippen LogP contribution in [0.4, 0.5) is 22.0 Å². The average molecular weight is 413 g/mol. The lowest BCUT2D eigenvalue weighted by Gasteiger charge is -2.22. The molecule has 0 radical (unpaired) electrons. The zero-order valence-corrected chi connectivity index (χ0v) is 13.5. The molecule has 0 aliphatic heterocycles. The van der Waals surface area contributed by atoms with Gasteiger partial charge in [0.2, 0.25) is 0 Å². The van der Waals surface area contributed by atoms with Crippen LogP contribution in [0.1, 0.15) is 24.1 Å². The molecule has 0 saturated carbocycles. The van der Waals surface area contributed by atoms with Gasteiger partial charge in [-0.2, -0.15) is 22.0 Å². The van der Waals surface area contributed by atoms with E-state index in [-0.39, 0.29) is 23.5 Å². The number of nitrogens with two attached hydrogens (primary N) is 1. The van der Waals surface area contributed by atoms with Gasteiger partial charge in [-0.05, 0) is 30.7 Å². The Morgan fingerprint density at radius 3 is 2.27 bits per heavy atom. The van der Waals surface area contributed by atoms with E-state index in [1.807, 2.05) is 0 Å². The van der Waals surface area contributed by atoms with E-state index in [0.29, 0.717) is 6.07 Å². The third kappa shape index (κ3) is 4.79. The molecule has 0 spiro atoms. The fourth-order valence-corrected chi connectivity index (χ4v) is 2.03. The van der Waals surface area contributed by atoms with Crippen LogP contribution in [-0.4, -0.2) is 18.5 Å². The highest BCUT2D eigenvalue weighted by atomic mass is 79.9. The summed E-state index contributed by atoms with van der Waals surface area (Å²) in [5.41, 5.74) is 3.56. The summed E-state index contributed by atoms with van der Waals surface area (Å²) in [6.45, 7) is 1.02. The quantitative estimate of drug-likeness (QED) is 0.599. The number of rotatable bonds is 4.